The Morgan fingerprint density at radius 3 is 2.68 bits per heavy atom. The summed E-state index contributed by atoms with van der Waals surface area (Å²) in [7, 11) is 0. The lowest BCUT2D eigenvalue weighted by Crippen LogP contribution is -2.35. The van der Waals surface area contributed by atoms with Gasteiger partial charge >= 0.3 is 6.01 Å². The zero-order valence-corrected chi connectivity index (χ0v) is 13.4. The van der Waals surface area contributed by atoms with E-state index in [1.165, 1.54) is 0 Å². The lowest BCUT2D eigenvalue weighted by Gasteiger charge is -2.18. The first-order valence-corrected chi connectivity index (χ1v) is 7.98. The van der Waals surface area contributed by atoms with Gasteiger partial charge in [-0.05, 0) is 45.6 Å². The van der Waals surface area contributed by atoms with E-state index in [1.54, 1.807) is 0 Å². The monoisotopic (exact) mass is 286 g/mol. The zero-order chi connectivity index (χ0) is 14.3. The predicted molar refractivity (Wildman–Crippen MR) is 81.6 cm³/mol. The van der Waals surface area contributed by atoms with E-state index in [1.807, 2.05) is 11.8 Å². The van der Waals surface area contributed by atoms with E-state index in [-0.39, 0.29) is 5.54 Å². The lowest BCUT2D eigenvalue weighted by molar-refractivity contribution is 0.383. The molecule has 6 heteroatoms. The fraction of sp³-hybridized carbons (Fsp3) is 0.846. The first-order valence-electron chi connectivity index (χ1n) is 6.82. The molecule has 1 aromatic rings. The van der Waals surface area contributed by atoms with E-state index in [9.17, 15) is 0 Å². The van der Waals surface area contributed by atoms with E-state index in [0.717, 1.165) is 17.9 Å². The highest BCUT2D eigenvalue weighted by Crippen LogP contribution is 2.11. The van der Waals surface area contributed by atoms with Gasteiger partial charge in [0, 0.05) is 11.6 Å². The molecule has 0 saturated heterocycles. The van der Waals surface area contributed by atoms with Crippen molar-refractivity contribution in [3.05, 3.63) is 5.89 Å². The summed E-state index contributed by atoms with van der Waals surface area (Å²) in [5.74, 6) is 2.93. The minimum absolute atomic E-state index is 0.0483. The third kappa shape index (κ3) is 7.42. The summed E-state index contributed by atoms with van der Waals surface area (Å²) in [6.45, 7) is 11.2. The van der Waals surface area contributed by atoms with Crippen LogP contribution in [0.15, 0.2) is 4.42 Å². The average Bonchev–Trinajstić information content (AvgIpc) is 2.73. The number of hydrogen-bond donors (Lipinski definition) is 2. The van der Waals surface area contributed by atoms with Gasteiger partial charge in [-0.1, -0.05) is 12.0 Å². The second-order valence-corrected chi connectivity index (χ2v) is 7.03. The molecule has 0 aromatic carbocycles. The third-order valence-electron chi connectivity index (χ3n) is 2.51. The standard InChI is InChI=1S/C13H26N4OS/c1-6-19-8-7-10(2)15-12-17-16-11(18-12)9-14-13(3,4)5/h10,14H,6-9H2,1-5H3,(H,15,17). The Morgan fingerprint density at radius 2 is 2.05 bits per heavy atom. The van der Waals surface area contributed by atoms with Gasteiger partial charge < -0.3 is 15.1 Å². The number of thioether (sulfide) groups is 1. The Hall–Kier alpha value is -0.750. The molecule has 0 aliphatic rings. The maximum Gasteiger partial charge on any atom is 0.315 e. The fourth-order valence-corrected chi connectivity index (χ4v) is 2.22. The van der Waals surface area contributed by atoms with Gasteiger partial charge in [-0.25, -0.2) is 0 Å². The van der Waals surface area contributed by atoms with E-state index < -0.39 is 0 Å². The normalized spacial score (nSPS) is 13.5. The second-order valence-electron chi connectivity index (χ2n) is 5.64. The Morgan fingerprint density at radius 1 is 1.32 bits per heavy atom. The van der Waals surface area contributed by atoms with Gasteiger partial charge in [-0.15, -0.1) is 5.10 Å². The highest BCUT2D eigenvalue weighted by Gasteiger charge is 2.13. The summed E-state index contributed by atoms with van der Waals surface area (Å²) >= 11 is 1.95. The summed E-state index contributed by atoms with van der Waals surface area (Å²) < 4.78 is 5.55. The molecule has 1 heterocycles. The summed E-state index contributed by atoms with van der Waals surface area (Å²) in [5, 5.41) is 14.6. The summed E-state index contributed by atoms with van der Waals surface area (Å²) in [6.07, 6.45) is 1.09. The van der Waals surface area contributed by atoms with Crippen LogP contribution in [-0.2, 0) is 6.54 Å². The third-order valence-corrected chi connectivity index (χ3v) is 3.44. The number of nitrogens with one attached hydrogen (secondary N) is 2. The Balaban J connectivity index is 2.33. The molecule has 0 spiro atoms. The molecule has 1 rings (SSSR count). The van der Waals surface area contributed by atoms with Crippen LogP contribution in [0.3, 0.4) is 0 Å². The highest BCUT2D eigenvalue weighted by atomic mass is 32.2. The van der Waals surface area contributed by atoms with E-state index in [0.29, 0.717) is 24.5 Å². The van der Waals surface area contributed by atoms with Crippen molar-refractivity contribution in [2.75, 3.05) is 16.8 Å². The highest BCUT2D eigenvalue weighted by molar-refractivity contribution is 7.99. The number of hydrogen-bond acceptors (Lipinski definition) is 6. The molecule has 2 N–H and O–H groups in total. The van der Waals surface area contributed by atoms with Crippen molar-refractivity contribution in [2.24, 2.45) is 0 Å². The molecule has 0 amide bonds. The van der Waals surface area contributed by atoms with Crippen molar-refractivity contribution >= 4 is 17.8 Å². The van der Waals surface area contributed by atoms with Crippen LogP contribution in [0.1, 0.15) is 46.9 Å². The molecular weight excluding hydrogens is 260 g/mol. The smallest absolute Gasteiger partial charge is 0.315 e. The number of nitrogens with zero attached hydrogens (tertiary/aromatic N) is 2. The van der Waals surface area contributed by atoms with Gasteiger partial charge in [0.15, 0.2) is 0 Å². The second kappa shape index (κ2) is 7.75. The van der Waals surface area contributed by atoms with Gasteiger partial charge in [0.05, 0.1) is 6.54 Å². The van der Waals surface area contributed by atoms with Gasteiger partial charge in [0.2, 0.25) is 5.89 Å². The quantitative estimate of drug-likeness (QED) is 0.716. The molecule has 0 radical (unpaired) electrons. The van der Waals surface area contributed by atoms with Crippen LogP contribution in [0.2, 0.25) is 0 Å². The molecule has 0 bridgehead atoms. The van der Waals surface area contributed by atoms with Crippen LogP contribution in [-0.4, -0.2) is 33.3 Å². The van der Waals surface area contributed by atoms with E-state index >= 15 is 0 Å². The van der Waals surface area contributed by atoms with Crippen molar-refractivity contribution in [1.82, 2.24) is 15.5 Å². The molecule has 0 aliphatic carbocycles. The van der Waals surface area contributed by atoms with Crippen LogP contribution in [0.25, 0.3) is 0 Å². The summed E-state index contributed by atoms with van der Waals surface area (Å²) in [5.41, 5.74) is 0.0483. The maximum absolute atomic E-state index is 5.55. The lowest BCUT2D eigenvalue weighted by atomic mass is 10.1. The Kier molecular flexibility index (Phi) is 6.65. The summed E-state index contributed by atoms with van der Waals surface area (Å²) in [4.78, 5) is 0. The van der Waals surface area contributed by atoms with E-state index in [2.05, 4.69) is 55.4 Å². The largest absolute Gasteiger partial charge is 0.407 e. The van der Waals surface area contributed by atoms with E-state index in [4.69, 9.17) is 4.42 Å². The van der Waals surface area contributed by atoms with Gasteiger partial charge in [-0.2, -0.15) is 11.8 Å². The van der Waals surface area contributed by atoms with Crippen molar-refractivity contribution in [3.63, 3.8) is 0 Å². The van der Waals surface area contributed by atoms with Crippen molar-refractivity contribution in [3.8, 4) is 0 Å². The first-order chi connectivity index (χ1) is 8.90. The fourth-order valence-electron chi connectivity index (χ4n) is 1.41. The molecule has 1 unspecified atom stereocenters. The minimum Gasteiger partial charge on any atom is -0.407 e. The predicted octanol–water partition coefficient (Wildman–Crippen LogP) is 2.90. The van der Waals surface area contributed by atoms with Crippen LogP contribution in [0, 0.1) is 0 Å². The Labute approximate surface area is 120 Å². The number of rotatable bonds is 8. The molecule has 0 saturated carbocycles. The van der Waals surface area contributed by atoms with Crippen molar-refractivity contribution < 1.29 is 4.42 Å². The summed E-state index contributed by atoms with van der Waals surface area (Å²) in [6, 6.07) is 0.864. The SMILES string of the molecule is CCSCCC(C)Nc1nnc(CNC(C)(C)C)o1. The maximum atomic E-state index is 5.55. The molecule has 5 nitrogen and oxygen atoms in total. The molecule has 19 heavy (non-hydrogen) atoms. The zero-order valence-electron chi connectivity index (χ0n) is 12.6. The van der Waals surface area contributed by atoms with Crippen LogP contribution < -0.4 is 10.6 Å². The molecule has 1 aromatic heterocycles. The number of aromatic nitrogens is 2. The topological polar surface area (TPSA) is 63.0 Å². The molecule has 110 valence electrons. The molecule has 0 aliphatic heterocycles. The van der Waals surface area contributed by atoms with Crippen LogP contribution in [0.4, 0.5) is 6.01 Å². The minimum atomic E-state index is 0.0483. The molecule has 1 atom stereocenters. The Bertz CT molecular complexity index is 362. The van der Waals surface area contributed by atoms with Crippen LogP contribution >= 0.6 is 11.8 Å². The van der Waals surface area contributed by atoms with Crippen molar-refractivity contribution in [1.29, 1.82) is 0 Å². The van der Waals surface area contributed by atoms with Gasteiger partial charge in [0.1, 0.15) is 0 Å². The average molecular weight is 286 g/mol. The van der Waals surface area contributed by atoms with Gasteiger partial charge in [-0.3, -0.25) is 0 Å². The van der Waals surface area contributed by atoms with Crippen molar-refractivity contribution in [2.45, 2.75) is 59.2 Å². The first kappa shape index (κ1) is 16.3. The molecule has 0 fully saturated rings. The molecular formula is C13H26N4OS. The number of anilines is 1. The van der Waals surface area contributed by atoms with Crippen LogP contribution in [0.5, 0.6) is 0 Å². The van der Waals surface area contributed by atoms with Gasteiger partial charge in [0.25, 0.3) is 0 Å².